The number of allylic oxidation sites excluding steroid dienone is 3. The van der Waals surface area contributed by atoms with Crippen LogP contribution in [0.15, 0.2) is 23.3 Å². The molecule has 0 radical (unpaired) electrons. The molecule has 0 spiro atoms. The van der Waals surface area contributed by atoms with Gasteiger partial charge in [0.25, 0.3) is 0 Å². The summed E-state index contributed by atoms with van der Waals surface area (Å²) in [6.07, 6.45) is -11.4. The third-order valence-corrected chi connectivity index (χ3v) is 6.44. The molecule has 34 heavy (non-hydrogen) atoms. The smallest absolute Gasteiger partial charge is 0.337 e. The third-order valence-electron chi connectivity index (χ3n) is 6.44. The van der Waals surface area contributed by atoms with Crippen LogP contribution in [0.25, 0.3) is 0 Å². The summed E-state index contributed by atoms with van der Waals surface area (Å²) in [5.41, 5.74) is 0.550. The van der Waals surface area contributed by atoms with Crippen molar-refractivity contribution < 1.29 is 59.5 Å². The summed E-state index contributed by atoms with van der Waals surface area (Å²) in [6.45, 7) is 4.31. The van der Waals surface area contributed by atoms with Crippen LogP contribution in [0.4, 0.5) is 0 Å². The van der Waals surface area contributed by atoms with E-state index in [1.807, 2.05) is 19.9 Å². The Kier molecular flexibility index (Phi) is 8.51. The van der Waals surface area contributed by atoms with E-state index in [-0.39, 0.29) is 0 Å². The van der Waals surface area contributed by atoms with Crippen LogP contribution in [0.2, 0.25) is 0 Å². The first-order valence-corrected chi connectivity index (χ1v) is 11.1. The van der Waals surface area contributed by atoms with E-state index in [1.54, 1.807) is 13.0 Å². The Morgan fingerprint density at radius 1 is 0.941 bits per heavy atom. The number of aliphatic hydroxyl groups is 7. The normalized spacial score (nSPS) is 42.5. The number of esters is 1. The topological polar surface area (TPSA) is 196 Å². The van der Waals surface area contributed by atoms with E-state index in [0.717, 1.165) is 0 Å². The lowest BCUT2D eigenvalue weighted by Gasteiger charge is -2.42. The average Bonchev–Trinajstić information content (AvgIpc) is 2.77. The molecule has 194 valence electrons. The van der Waals surface area contributed by atoms with Gasteiger partial charge in [0.1, 0.15) is 48.8 Å². The van der Waals surface area contributed by atoms with E-state index in [1.165, 1.54) is 0 Å². The molecule has 2 heterocycles. The van der Waals surface area contributed by atoms with Gasteiger partial charge < -0.3 is 54.7 Å². The van der Waals surface area contributed by atoms with Crippen LogP contribution < -0.4 is 0 Å². The SMILES string of the molecule is CC1=C(C(=O)O[C@H]2O[C@@H](CO[C@@H]3O[C@H](CO)[C@@H](O)[C@@H](O)[C@@H]3O)[C@H](O)[C@@H](O)[C@@H]2O)C(C)(C)CC=C1. The number of hydrogen-bond acceptors (Lipinski definition) is 12. The molecule has 0 bridgehead atoms. The maximum absolute atomic E-state index is 12.9. The van der Waals surface area contributed by atoms with Crippen molar-refractivity contribution in [2.45, 2.75) is 88.6 Å². The van der Waals surface area contributed by atoms with E-state index in [0.29, 0.717) is 17.6 Å². The lowest BCUT2D eigenvalue weighted by atomic mass is 9.76. The Hall–Kier alpha value is -1.45. The van der Waals surface area contributed by atoms with Crippen molar-refractivity contribution in [3.63, 3.8) is 0 Å². The minimum atomic E-state index is -1.75. The molecule has 0 aromatic heterocycles. The van der Waals surface area contributed by atoms with Gasteiger partial charge in [-0.15, -0.1) is 0 Å². The number of carbonyl (C=O) groups excluding carboxylic acids is 1. The van der Waals surface area contributed by atoms with Crippen LogP contribution in [-0.2, 0) is 23.7 Å². The Balaban J connectivity index is 1.68. The van der Waals surface area contributed by atoms with Gasteiger partial charge in [-0.1, -0.05) is 26.0 Å². The first-order chi connectivity index (χ1) is 15.9. The highest BCUT2D eigenvalue weighted by molar-refractivity contribution is 5.91. The highest BCUT2D eigenvalue weighted by Crippen LogP contribution is 2.38. The van der Waals surface area contributed by atoms with Crippen LogP contribution in [0.5, 0.6) is 0 Å². The molecule has 12 heteroatoms. The highest BCUT2D eigenvalue weighted by Gasteiger charge is 2.48. The first-order valence-electron chi connectivity index (χ1n) is 11.1. The molecule has 1 aliphatic carbocycles. The Bertz CT molecular complexity index is 793. The third kappa shape index (κ3) is 5.36. The van der Waals surface area contributed by atoms with Crippen LogP contribution in [0, 0.1) is 5.41 Å². The summed E-state index contributed by atoms with van der Waals surface area (Å²) in [6, 6.07) is 0. The lowest BCUT2D eigenvalue weighted by Crippen LogP contribution is -2.62. The predicted molar refractivity (Wildman–Crippen MR) is 113 cm³/mol. The molecule has 2 saturated heterocycles. The maximum atomic E-state index is 12.9. The fourth-order valence-corrected chi connectivity index (χ4v) is 4.40. The lowest BCUT2D eigenvalue weighted by molar-refractivity contribution is -0.326. The average molecular weight is 491 g/mol. The van der Waals surface area contributed by atoms with Gasteiger partial charge in [-0.05, 0) is 18.9 Å². The van der Waals surface area contributed by atoms with Crippen LogP contribution >= 0.6 is 0 Å². The number of ether oxygens (including phenoxy) is 4. The van der Waals surface area contributed by atoms with Gasteiger partial charge in [-0.25, -0.2) is 4.79 Å². The van der Waals surface area contributed by atoms with Crippen molar-refractivity contribution in [3.8, 4) is 0 Å². The zero-order valence-corrected chi connectivity index (χ0v) is 19.2. The van der Waals surface area contributed by atoms with Gasteiger partial charge in [-0.2, -0.15) is 0 Å². The highest BCUT2D eigenvalue weighted by atomic mass is 16.7. The Labute approximate surface area is 196 Å². The van der Waals surface area contributed by atoms with Crippen molar-refractivity contribution in [2.75, 3.05) is 13.2 Å². The molecule has 2 aliphatic heterocycles. The number of carbonyl (C=O) groups is 1. The maximum Gasteiger partial charge on any atom is 0.337 e. The molecule has 2 fully saturated rings. The summed E-state index contributed by atoms with van der Waals surface area (Å²) in [4.78, 5) is 12.9. The second kappa shape index (κ2) is 10.7. The minimum Gasteiger partial charge on any atom is -0.429 e. The second-order valence-electron chi connectivity index (χ2n) is 9.50. The molecule has 0 aromatic carbocycles. The zero-order chi connectivity index (χ0) is 25.4. The molecule has 12 nitrogen and oxygen atoms in total. The van der Waals surface area contributed by atoms with E-state index in [2.05, 4.69) is 0 Å². The second-order valence-corrected chi connectivity index (χ2v) is 9.50. The summed E-state index contributed by atoms with van der Waals surface area (Å²) in [7, 11) is 0. The van der Waals surface area contributed by atoms with Crippen LogP contribution in [0.1, 0.15) is 27.2 Å². The van der Waals surface area contributed by atoms with Gasteiger partial charge in [0.05, 0.1) is 13.2 Å². The van der Waals surface area contributed by atoms with E-state index >= 15 is 0 Å². The molecule has 0 amide bonds. The van der Waals surface area contributed by atoms with E-state index < -0.39 is 86.0 Å². The van der Waals surface area contributed by atoms with Crippen LogP contribution in [-0.4, -0.2) is 116 Å². The molecule has 0 aromatic rings. The molecule has 3 rings (SSSR count). The molecule has 3 aliphatic rings. The van der Waals surface area contributed by atoms with Crippen molar-refractivity contribution in [1.29, 1.82) is 0 Å². The minimum absolute atomic E-state index is 0.389. The fourth-order valence-electron chi connectivity index (χ4n) is 4.40. The predicted octanol–water partition coefficient (Wildman–Crippen LogP) is -2.54. The van der Waals surface area contributed by atoms with Crippen molar-refractivity contribution >= 4 is 5.97 Å². The van der Waals surface area contributed by atoms with Gasteiger partial charge in [0, 0.05) is 11.0 Å². The van der Waals surface area contributed by atoms with Crippen molar-refractivity contribution in [3.05, 3.63) is 23.3 Å². The van der Waals surface area contributed by atoms with Crippen LogP contribution in [0.3, 0.4) is 0 Å². The van der Waals surface area contributed by atoms with Crippen molar-refractivity contribution in [1.82, 2.24) is 0 Å². The van der Waals surface area contributed by atoms with Gasteiger partial charge in [-0.3, -0.25) is 0 Å². The Morgan fingerprint density at radius 2 is 1.50 bits per heavy atom. The largest absolute Gasteiger partial charge is 0.429 e. The fraction of sp³-hybridized carbons (Fsp3) is 0.773. The van der Waals surface area contributed by atoms with Gasteiger partial charge in [0.2, 0.25) is 6.29 Å². The first kappa shape index (κ1) is 27.1. The van der Waals surface area contributed by atoms with Gasteiger partial charge in [0.15, 0.2) is 6.29 Å². The van der Waals surface area contributed by atoms with Crippen molar-refractivity contribution in [2.24, 2.45) is 5.41 Å². The zero-order valence-electron chi connectivity index (χ0n) is 19.2. The summed E-state index contributed by atoms with van der Waals surface area (Å²) < 4.78 is 21.5. The standard InChI is InChI=1S/C22H34O12/c1-9-5-4-6-22(2,3)12(9)19(30)34-21-18(29)16(27)14(25)11(33-21)8-31-20-17(28)15(26)13(24)10(7-23)32-20/h4-5,10-11,13-18,20-21,23-29H,6-8H2,1-3H3/t10-,11+,13-,14+,15-,16-,17+,18+,20-,21-/m1/s1. The summed E-state index contributed by atoms with van der Waals surface area (Å²) in [5.74, 6) is -0.743. The molecule has 10 atom stereocenters. The molecule has 0 saturated carbocycles. The number of aliphatic hydroxyl groups excluding tert-OH is 7. The quantitative estimate of drug-likeness (QED) is 0.193. The number of rotatable bonds is 6. The van der Waals surface area contributed by atoms with E-state index in [4.69, 9.17) is 18.9 Å². The molecule has 0 unspecified atom stereocenters. The summed E-state index contributed by atoms with van der Waals surface area (Å²) in [5, 5.41) is 70.0. The molecule has 7 N–H and O–H groups in total. The monoisotopic (exact) mass is 490 g/mol. The number of hydrogen-bond donors (Lipinski definition) is 7. The summed E-state index contributed by atoms with van der Waals surface area (Å²) >= 11 is 0. The Morgan fingerprint density at radius 3 is 2.09 bits per heavy atom. The molecular weight excluding hydrogens is 456 g/mol. The van der Waals surface area contributed by atoms with E-state index in [9.17, 15) is 40.5 Å². The molecular formula is C22H34O12. The van der Waals surface area contributed by atoms with Gasteiger partial charge >= 0.3 is 5.97 Å².